The molecule has 0 bridgehead atoms. The monoisotopic (exact) mass is 442 g/mol. The second-order valence-corrected chi connectivity index (χ2v) is 10.2. The minimum absolute atomic E-state index is 0.0148. The molecule has 2 aliphatic rings. The molecule has 3 aromatic carbocycles. The van der Waals surface area contributed by atoms with E-state index in [-0.39, 0.29) is 6.04 Å². The minimum Gasteiger partial charge on any atom is -0.473 e. The Balaban J connectivity index is 1.46. The van der Waals surface area contributed by atoms with E-state index in [2.05, 4.69) is 86.8 Å². The van der Waals surface area contributed by atoms with Gasteiger partial charge in [-0.1, -0.05) is 72.3 Å². The van der Waals surface area contributed by atoms with Crippen molar-refractivity contribution >= 4 is 36.0 Å². The highest BCUT2D eigenvalue weighted by Crippen LogP contribution is 2.57. The van der Waals surface area contributed by atoms with E-state index in [0.29, 0.717) is 12.5 Å². The van der Waals surface area contributed by atoms with Crippen LogP contribution in [-0.4, -0.2) is 11.9 Å². The van der Waals surface area contributed by atoms with E-state index in [1.54, 1.807) is 0 Å². The minimum atomic E-state index is -0.665. The molecule has 31 heavy (non-hydrogen) atoms. The van der Waals surface area contributed by atoms with Crippen LogP contribution in [0.15, 0.2) is 83.9 Å². The second kappa shape index (κ2) is 9.15. The predicted molar refractivity (Wildman–Crippen MR) is 131 cm³/mol. The molecule has 1 saturated carbocycles. The van der Waals surface area contributed by atoms with Gasteiger partial charge in [0.25, 0.3) is 0 Å². The van der Waals surface area contributed by atoms with Crippen LogP contribution in [0.3, 0.4) is 0 Å². The normalized spacial score (nSPS) is 19.0. The van der Waals surface area contributed by atoms with E-state index >= 15 is 0 Å². The zero-order valence-corrected chi connectivity index (χ0v) is 18.9. The lowest BCUT2D eigenvalue weighted by molar-refractivity contribution is 0.310. The predicted octanol–water partition coefficient (Wildman–Crippen LogP) is 5.87. The quantitative estimate of drug-likeness (QED) is 0.453. The van der Waals surface area contributed by atoms with Crippen LogP contribution in [0.25, 0.3) is 0 Å². The van der Waals surface area contributed by atoms with Crippen LogP contribution >= 0.6 is 19.5 Å². The molecule has 4 heteroatoms. The fourth-order valence-corrected chi connectivity index (χ4v) is 6.77. The molecule has 5 rings (SSSR count). The molecule has 1 atom stereocenters. The van der Waals surface area contributed by atoms with Gasteiger partial charge in [0.1, 0.15) is 6.61 Å². The van der Waals surface area contributed by atoms with Gasteiger partial charge < -0.3 is 4.74 Å². The Bertz CT molecular complexity index is 1030. The van der Waals surface area contributed by atoms with Crippen molar-refractivity contribution in [1.29, 1.82) is 0 Å². The maximum Gasteiger partial charge on any atom is 0.217 e. The number of benzene rings is 3. The van der Waals surface area contributed by atoms with Gasteiger partial charge in [0, 0.05) is 27.7 Å². The third-order valence-electron chi connectivity index (χ3n) is 5.52. The highest BCUT2D eigenvalue weighted by molar-refractivity contribution is 7.76. The Morgan fingerprint density at radius 1 is 0.903 bits per heavy atom. The molecule has 0 unspecified atom stereocenters. The summed E-state index contributed by atoms with van der Waals surface area (Å²) in [5.41, 5.74) is 3.48. The van der Waals surface area contributed by atoms with Crippen LogP contribution < -0.4 is 10.6 Å². The van der Waals surface area contributed by atoms with Crippen LogP contribution in [0.2, 0.25) is 5.02 Å². The van der Waals surface area contributed by atoms with Crippen molar-refractivity contribution in [3.05, 3.63) is 126 Å². The van der Waals surface area contributed by atoms with Crippen LogP contribution in [0.1, 0.15) is 18.1 Å². The molecule has 0 amide bonds. The summed E-state index contributed by atoms with van der Waals surface area (Å²) in [6.45, 7) is 2.67. The largest absolute Gasteiger partial charge is 0.473 e. The molecule has 1 fully saturated rings. The zero-order valence-electron chi connectivity index (χ0n) is 17.2. The molecule has 0 spiro atoms. The fraction of sp³-hybridized carbons (Fsp3) is 0.111. The van der Waals surface area contributed by atoms with E-state index < -0.39 is 7.92 Å². The van der Waals surface area contributed by atoms with Gasteiger partial charge in [-0.2, -0.15) is 0 Å². The second-order valence-electron chi connectivity index (χ2n) is 7.57. The average molecular weight is 443 g/mol. The molecule has 1 aliphatic heterocycles. The van der Waals surface area contributed by atoms with Crippen molar-refractivity contribution in [1.82, 2.24) is 0 Å². The summed E-state index contributed by atoms with van der Waals surface area (Å²) in [5.74, 6) is 1.95. The Morgan fingerprint density at radius 2 is 1.58 bits per heavy atom. The number of hydrogen-bond donors (Lipinski definition) is 0. The van der Waals surface area contributed by atoms with Gasteiger partial charge in [-0.25, -0.2) is 4.99 Å². The summed E-state index contributed by atoms with van der Waals surface area (Å²) in [6, 6.07) is 27.4. The summed E-state index contributed by atoms with van der Waals surface area (Å²) < 4.78 is 5.91. The highest BCUT2D eigenvalue weighted by Gasteiger charge is 2.40. The van der Waals surface area contributed by atoms with Crippen molar-refractivity contribution in [2.75, 3.05) is 0 Å². The van der Waals surface area contributed by atoms with Crippen molar-refractivity contribution in [3.8, 4) is 0 Å². The molecule has 153 valence electrons. The van der Waals surface area contributed by atoms with Gasteiger partial charge in [-0.15, -0.1) is 0 Å². The number of nitrogens with zero attached hydrogens (tertiary/aromatic N) is 1. The molecular formula is C27H22ClNOP. The zero-order chi connectivity index (χ0) is 21.2. The van der Waals surface area contributed by atoms with E-state index in [9.17, 15) is 0 Å². The van der Waals surface area contributed by atoms with Crippen molar-refractivity contribution in [2.45, 2.75) is 19.6 Å². The molecule has 0 N–H and O–H groups in total. The van der Waals surface area contributed by atoms with Crippen molar-refractivity contribution < 1.29 is 4.74 Å². The van der Waals surface area contributed by atoms with Crippen LogP contribution in [-0.2, 0) is 11.3 Å². The summed E-state index contributed by atoms with van der Waals surface area (Å²) in [5, 5.41) is 3.41. The van der Waals surface area contributed by atoms with Gasteiger partial charge in [0.15, 0.2) is 0 Å². The standard InChI is InChI=1S/C27H22ClNOP/c1-19(29-27-25-16-15-21(28)17-20(25)18-30-27)24-13-8-14-26(24)31(22-9-4-2-5-10-22)23-11-6-3-7-12-23/h2-17,19H,18H2,1H3/t19-/m1/s1. The molecule has 1 heterocycles. The number of hydrogen-bond acceptors (Lipinski definition) is 2. The number of aliphatic imine (C=N–C) groups is 1. The van der Waals surface area contributed by atoms with E-state index in [1.807, 2.05) is 18.2 Å². The molecule has 0 aromatic heterocycles. The molecular weight excluding hydrogens is 421 g/mol. The first kappa shape index (κ1) is 20.7. The topological polar surface area (TPSA) is 21.6 Å². The summed E-state index contributed by atoms with van der Waals surface area (Å²) >= 11 is 6.14. The molecule has 2 nitrogen and oxygen atoms in total. The summed E-state index contributed by atoms with van der Waals surface area (Å²) in [4.78, 5) is 4.98. The maximum absolute atomic E-state index is 6.14. The first-order chi connectivity index (χ1) is 15.2. The van der Waals surface area contributed by atoms with E-state index in [0.717, 1.165) is 16.1 Å². The molecule has 5 radical (unpaired) electrons. The Hall–Kier alpha value is -2.15. The highest BCUT2D eigenvalue weighted by atomic mass is 35.5. The van der Waals surface area contributed by atoms with Gasteiger partial charge in [0.2, 0.25) is 5.90 Å². The smallest absolute Gasteiger partial charge is 0.217 e. The molecule has 0 saturated heterocycles. The van der Waals surface area contributed by atoms with Crippen molar-refractivity contribution in [2.24, 2.45) is 4.99 Å². The van der Waals surface area contributed by atoms with E-state index in [4.69, 9.17) is 21.3 Å². The van der Waals surface area contributed by atoms with Crippen LogP contribution in [0.4, 0.5) is 0 Å². The number of halogens is 1. The number of fused-ring (bicyclic) bond motifs is 1. The van der Waals surface area contributed by atoms with Gasteiger partial charge in [-0.05, 0) is 62.9 Å². The number of ether oxygens (including phenoxy) is 1. The average Bonchev–Trinajstić information content (AvgIpc) is 3.43. The first-order valence-electron chi connectivity index (χ1n) is 10.4. The lowest BCUT2D eigenvalue weighted by Gasteiger charge is -2.31. The molecule has 1 aliphatic carbocycles. The van der Waals surface area contributed by atoms with E-state index in [1.165, 1.54) is 22.2 Å². The Kier molecular flexibility index (Phi) is 6.12. The van der Waals surface area contributed by atoms with Gasteiger partial charge in [-0.3, -0.25) is 0 Å². The van der Waals surface area contributed by atoms with Gasteiger partial charge >= 0.3 is 0 Å². The SMILES string of the molecule is C[C@@H](N=C1OCc2cc(Cl)ccc21)[C]1[CH][CH][CH][C]1P(c1ccccc1)c1ccccc1. The van der Waals surface area contributed by atoms with Crippen molar-refractivity contribution in [3.63, 3.8) is 0 Å². The third-order valence-corrected chi connectivity index (χ3v) is 8.27. The molecule has 3 aromatic rings. The summed E-state index contributed by atoms with van der Waals surface area (Å²) in [6.07, 6.45) is 6.59. The fourth-order valence-electron chi connectivity index (χ4n) is 4.03. The first-order valence-corrected chi connectivity index (χ1v) is 12.1. The lowest BCUT2D eigenvalue weighted by atomic mass is 9.99. The third kappa shape index (κ3) is 4.29. The Labute approximate surface area is 191 Å². The maximum atomic E-state index is 6.14. The Morgan fingerprint density at radius 3 is 2.26 bits per heavy atom. The number of rotatable bonds is 5. The van der Waals surface area contributed by atoms with Crippen LogP contribution in [0.5, 0.6) is 0 Å². The summed E-state index contributed by atoms with van der Waals surface area (Å²) in [7, 11) is -0.665. The lowest BCUT2D eigenvalue weighted by Crippen LogP contribution is -2.24. The van der Waals surface area contributed by atoms with Gasteiger partial charge in [0.05, 0.1) is 6.04 Å². The van der Waals surface area contributed by atoms with Crippen LogP contribution in [0, 0.1) is 30.8 Å².